The molecule has 0 N–H and O–H groups in total. The van der Waals surface area contributed by atoms with Crippen LogP contribution in [0, 0.1) is 0 Å². The van der Waals surface area contributed by atoms with Crippen LogP contribution in [0.4, 0.5) is 8.78 Å². The Hall–Kier alpha value is -1.74. The topological polar surface area (TPSA) is 3.24 Å². The molecule has 0 radical (unpaired) electrons. The maximum atomic E-state index is 13.5. The van der Waals surface area contributed by atoms with Gasteiger partial charge in [-0.1, -0.05) is 69.3 Å². The van der Waals surface area contributed by atoms with Gasteiger partial charge < -0.3 is 0 Å². The second-order valence-electron chi connectivity index (χ2n) is 7.36. The van der Waals surface area contributed by atoms with Crippen molar-refractivity contribution in [2.75, 3.05) is 13.1 Å². The number of likely N-dealkylation sites (tertiary alicyclic amines) is 1. The monoisotopic (exact) mass is 373 g/mol. The van der Waals surface area contributed by atoms with E-state index in [0.29, 0.717) is 0 Å². The molecule has 3 heteroatoms. The van der Waals surface area contributed by atoms with Gasteiger partial charge in [-0.2, -0.15) is 0 Å². The van der Waals surface area contributed by atoms with Crippen LogP contribution in [0.5, 0.6) is 0 Å². The highest BCUT2D eigenvalue weighted by molar-refractivity contribution is 5.28. The average Bonchev–Trinajstić information content (AvgIpc) is 2.71. The molecule has 1 fully saturated rings. The normalized spacial score (nSPS) is 17.1. The van der Waals surface area contributed by atoms with Crippen molar-refractivity contribution in [2.45, 2.75) is 64.8 Å². The van der Waals surface area contributed by atoms with Crippen molar-refractivity contribution in [1.82, 2.24) is 4.90 Å². The van der Waals surface area contributed by atoms with Crippen molar-refractivity contribution in [1.29, 1.82) is 0 Å². The van der Waals surface area contributed by atoms with Gasteiger partial charge in [-0.15, -0.1) is 0 Å². The van der Waals surface area contributed by atoms with Crippen molar-refractivity contribution >= 4 is 0 Å². The van der Waals surface area contributed by atoms with Gasteiger partial charge in [-0.3, -0.25) is 4.90 Å². The van der Waals surface area contributed by atoms with Crippen molar-refractivity contribution in [3.05, 3.63) is 71.3 Å². The molecule has 1 aliphatic heterocycles. The van der Waals surface area contributed by atoms with Crippen LogP contribution in [0.25, 0.3) is 0 Å². The minimum absolute atomic E-state index is 0.106. The minimum Gasteiger partial charge on any atom is -0.299 e. The van der Waals surface area contributed by atoms with Gasteiger partial charge in [0.05, 0.1) is 0 Å². The summed E-state index contributed by atoms with van der Waals surface area (Å²) in [5.41, 5.74) is 2.78. The van der Waals surface area contributed by atoms with Gasteiger partial charge in [-0.05, 0) is 55.0 Å². The van der Waals surface area contributed by atoms with Gasteiger partial charge in [0, 0.05) is 19.0 Å². The maximum Gasteiger partial charge on any atom is 0.270 e. The van der Waals surface area contributed by atoms with Crippen LogP contribution in [-0.2, 0) is 17.9 Å². The molecule has 1 aliphatic rings. The minimum atomic E-state index is -2.78. The standard InChI is InChI=1S/C22H27F2N.C2H6/c1-3-22(19-9-5-4-6-10-19)12-14-25(15-13-22)17-18-8-7-11-20(16-18)21(2,23)24;1-2/h4-11,16H,3,12-15,17H2,1-2H3;1-2H3. The lowest BCUT2D eigenvalue weighted by Crippen LogP contribution is -2.42. The van der Waals surface area contributed by atoms with Crippen LogP contribution in [0.1, 0.15) is 63.6 Å². The van der Waals surface area contributed by atoms with Crippen LogP contribution >= 0.6 is 0 Å². The van der Waals surface area contributed by atoms with E-state index in [1.807, 2.05) is 19.9 Å². The third-order valence-electron chi connectivity index (χ3n) is 5.72. The zero-order valence-corrected chi connectivity index (χ0v) is 17.1. The second-order valence-corrected chi connectivity index (χ2v) is 7.36. The van der Waals surface area contributed by atoms with E-state index >= 15 is 0 Å². The first kappa shape index (κ1) is 21.6. The predicted octanol–water partition coefficient (Wildman–Crippen LogP) is 6.77. The number of hydrogen-bond acceptors (Lipinski definition) is 1. The Kier molecular flexibility index (Phi) is 7.55. The first-order chi connectivity index (χ1) is 12.9. The molecule has 1 heterocycles. The van der Waals surface area contributed by atoms with E-state index in [1.165, 1.54) is 11.6 Å². The SMILES string of the molecule is CC.CCC1(c2ccccc2)CCN(Cc2cccc(C(C)(F)F)c2)CC1. The first-order valence-electron chi connectivity index (χ1n) is 10.2. The van der Waals surface area contributed by atoms with E-state index in [2.05, 4.69) is 42.2 Å². The first-order valence-corrected chi connectivity index (χ1v) is 10.2. The fourth-order valence-electron chi connectivity index (χ4n) is 3.98. The van der Waals surface area contributed by atoms with Gasteiger partial charge in [0.15, 0.2) is 0 Å². The molecule has 1 nitrogen and oxygen atoms in total. The van der Waals surface area contributed by atoms with Gasteiger partial charge >= 0.3 is 0 Å². The van der Waals surface area contributed by atoms with Crippen LogP contribution in [0.15, 0.2) is 54.6 Å². The second kappa shape index (κ2) is 9.45. The summed E-state index contributed by atoms with van der Waals surface area (Å²) in [6.45, 7) is 10.0. The molecule has 0 saturated carbocycles. The molecule has 0 aromatic heterocycles. The molecule has 1 saturated heterocycles. The average molecular weight is 374 g/mol. The lowest BCUT2D eigenvalue weighted by molar-refractivity contribution is 0.0173. The third kappa shape index (κ3) is 5.38. The van der Waals surface area contributed by atoms with E-state index in [9.17, 15) is 8.78 Å². The maximum absolute atomic E-state index is 13.5. The highest BCUT2D eigenvalue weighted by atomic mass is 19.3. The van der Waals surface area contributed by atoms with Crippen LogP contribution < -0.4 is 0 Å². The van der Waals surface area contributed by atoms with Crippen molar-refractivity contribution in [2.24, 2.45) is 0 Å². The molecule has 2 aromatic carbocycles. The Labute approximate surface area is 163 Å². The Morgan fingerprint density at radius 1 is 0.963 bits per heavy atom. The van der Waals surface area contributed by atoms with Gasteiger partial charge in [-0.25, -0.2) is 8.78 Å². The lowest BCUT2D eigenvalue weighted by Gasteiger charge is -2.42. The Bertz CT molecular complexity index is 683. The molecule has 27 heavy (non-hydrogen) atoms. The number of hydrogen-bond donors (Lipinski definition) is 0. The summed E-state index contributed by atoms with van der Waals surface area (Å²) in [4.78, 5) is 2.39. The third-order valence-corrected chi connectivity index (χ3v) is 5.72. The van der Waals surface area contributed by atoms with Gasteiger partial charge in [0.2, 0.25) is 0 Å². The van der Waals surface area contributed by atoms with E-state index < -0.39 is 5.92 Å². The number of halogens is 2. The number of rotatable bonds is 5. The molecular formula is C24H33F2N. The van der Waals surface area contributed by atoms with E-state index in [-0.39, 0.29) is 11.0 Å². The molecule has 0 amide bonds. The zero-order valence-electron chi connectivity index (χ0n) is 17.1. The van der Waals surface area contributed by atoms with Crippen LogP contribution in [0.2, 0.25) is 0 Å². The smallest absolute Gasteiger partial charge is 0.270 e. The molecular weight excluding hydrogens is 340 g/mol. The van der Waals surface area contributed by atoms with Crippen molar-refractivity contribution in [3.8, 4) is 0 Å². The molecule has 2 aromatic rings. The fraction of sp³-hybridized carbons (Fsp3) is 0.500. The molecule has 0 bridgehead atoms. The molecule has 0 unspecified atom stereocenters. The molecule has 3 rings (SSSR count). The number of benzene rings is 2. The largest absolute Gasteiger partial charge is 0.299 e. The fourth-order valence-corrected chi connectivity index (χ4v) is 3.98. The van der Waals surface area contributed by atoms with E-state index in [1.54, 1.807) is 12.1 Å². The summed E-state index contributed by atoms with van der Waals surface area (Å²) in [5.74, 6) is -2.78. The molecule has 0 spiro atoms. The summed E-state index contributed by atoms with van der Waals surface area (Å²) in [5, 5.41) is 0. The number of alkyl halides is 2. The zero-order chi connectivity index (χ0) is 19.9. The summed E-state index contributed by atoms with van der Waals surface area (Å²) in [6.07, 6.45) is 3.39. The van der Waals surface area contributed by atoms with Crippen molar-refractivity contribution < 1.29 is 8.78 Å². The quantitative estimate of drug-likeness (QED) is 0.559. The highest BCUT2D eigenvalue weighted by Gasteiger charge is 2.34. The van der Waals surface area contributed by atoms with E-state index in [4.69, 9.17) is 0 Å². The number of nitrogens with zero attached hydrogens (tertiary/aromatic N) is 1. The molecule has 0 aliphatic carbocycles. The summed E-state index contributed by atoms with van der Waals surface area (Å²) in [7, 11) is 0. The summed E-state index contributed by atoms with van der Waals surface area (Å²) in [6, 6.07) is 17.7. The Morgan fingerprint density at radius 2 is 1.59 bits per heavy atom. The van der Waals surface area contributed by atoms with Crippen LogP contribution in [-0.4, -0.2) is 18.0 Å². The van der Waals surface area contributed by atoms with Crippen molar-refractivity contribution in [3.63, 3.8) is 0 Å². The molecule has 148 valence electrons. The predicted molar refractivity (Wildman–Crippen MR) is 110 cm³/mol. The highest BCUT2D eigenvalue weighted by Crippen LogP contribution is 2.38. The van der Waals surface area contributed by atoms with Crippen LogP contribution in [0.3, 0.4) is 0 Å². The summed E-state index contributed by atoms with van der Waals surface area (Å²) >= 11 is 0. The Balaban J connectivity index is 0.00000126. The van der Waals surface area contributed by atoms with E-state index in [0.717, 1.165) is 51.4 Å². The van der Waals surface area contributed by atoms with Gasteiger partial charge in [0.1, 0.15) is 0 Å². The summed E-state index contributed by atoms with van der Waals surface area (Å²) < 4.78 is 27.1. The lowest BCUT2D eigenvalue weighted by atomic mass is 9.71. The molecule has 0 atom stereocenters. The van der Waals surface area contributed by atoms with Gasteiger partial charge in [0.25, 0.3) is 5.92 Å². The Morgan fingerprint density at radius 3 is 2.15 bits per heavy atom. The number of piperidine rings is 1.